The second-order valence-electron chi connectivity index (χ2n) is 5.17. The standard InChI is InChI=1S/C14H18N2O4/c15-14(5-6-18-9-14)13(17)16-7-10-8-19-11-3-1-2-4-12(11)20-10/h1-4,10H,5-9,15H2,(H,16,17). The molecule has 2 aliphatic rings. The van der Waals surface area contributed by atoms with E-state index in [-0.39, 0.29) is 18.6 Å². The number of hydrogen-bond acceptors (Lipinski definition) is 5. The first-order valence-electron chi connectivity index (χ1n) is 6.71. The van der Waals surface area contributed by atoms with Crippen molar-refractivity contribution in [3.05, 3.63) is 24.3 Å². The fourth-order valence-corrected chi connectivity index (χ4v) is 2.31. The summed E-state index contributed by atoms with van der Waals surface area (Å²) >= 11 is 0. The van der Waals surface area contributed by atoms with Gasteiger partial charge in [0.2, 0.25) is 5.91 Å². The Balaban J connectivity index is 1.54. The van der Waals surface area contributed by atoms with Crippen LogP contribution >= 0.6 is 0 Å². The molecule has 20 heavy (non-hydrogen) atoms. The third kappa shape index (κ3) is 2.57. The van der Waals surface area contributed by atoms with Crippen LogP contribution in [0.15, 0.2) is 24.3 Å². The van der Waals surface area contributed by atoms with E-state index in [1.807, 2.05) is 24.3 Å². The largest absolute Gasteiger partial charge is 0.486 e. The number of nitrogens with one attached hydrogen (secondary N) is 1. The fraction of sp³-hybridized carbons (Fsp3) is 0.500. The molecule has 1 amide bonds. The molecule has 6 heteroatoms. The molecule has 3 N–H and O–H groups in total. The average molecular weight is 278 g/mol. The van der Waals surface area contributed by atoms with Gasteiger partial charge in [-0.3, -0.25) is 4.79 Å². The number of para-hydroxylation sites is 2. The van der Waals surface area contributed by atoms with Gasteiger partial charge in [-0.05, 0) is 18.6 Å². The fourth-order valence-electron chi connectivity index (χ4n) is 2.31. The molecule has 0 spiro atoms. The van der Waals surface area contributed by atoms with Crippen molar-refractivity contribution >= 4 is 5.91 Å². The van der Waals surface area contributed by atoms with Crippen LogP contribution in [0.2, 0.25) is 0 Å². The van der Waals surface area contributed by atoms with Crippen LogP contribution in [0.1, 0.15) is 6.42 Å². The SMILES string of the molecule is NC1(C(=O)NCC2COc3ccccc3O2)CCOC1. The maximum Gasteiger partial charge on any atom is 0.242 e. The quantitative estimate of drug-likeness (QED) is 0.817. The first-order chi connectivity index (χ1) is 9.67. The van der Waals surface area contributed by atoms with Crippen molar-refractivity contribution in [3.63, 3.8) is 0 Å². The third-order valence-electron chi connectivity index (χ3n) is 3.56. The van der Waals surface area contributed by atoms with Crippen LogP contribution in [0.5, 0.6) is 11.5 Å². The Kier molecular flexibility index (Phi) is 3.50. The molecule has 2 atom stereocenters. The zero-order valence-electron chi connectivity index (χ0n) is 11.1. The van der Waals surface area contributed by atoms with Gasteiger partial charge in [0.15, 0.2) is 11.5 Å². The lowest BCUT2D eigenvalue weighted by Crippen LogP contribution is -2.56. The van der Waals surface area contributed by atoms with Gasteiger partial charge in [0.25, 0.3) is 0 Å². The number of hydrogen-bond donors (Lipinski definition) is 2. The van der Waals surface area contributed by atoms with Crippen molar-refractivity contribution in [1.82, 2.24) is 5.32 Å². The number of benzene rings is 1. The Hall–Kier alpha value is -1.79. The molecule has 0 aliphatic carbocycles. The number of nitrogens with two attached hydrogens (primary N) is 1. The molecule has 0 aromatic heterocycles. The van der Waals surface area contributed by atoms with E-state index in [4.69, 9.17) is 19.9 Å². The van der Waals surface area contributed by atoms with E-state index in [1.54, 1.807) is 0 Å². The van der Waals surface area contributed by atoms with Crippen LogP contribution in [-0.4, -0.2) is 43.9 Å². The van der Waals surface area contributed by atoms with E-state index >= 15 is 0 Å². The zero-order valence-corrected chi connectivity index (χ0v) is 11.1. The summed E-state index contributed by atoms with van der Waals surface area (Å²) < 4.78 is 16.5. The van der Waals surface area contributed by atoms with Crippen molar-refractivity contribution in [2.75, 3.05) is 26.4 Å². The highest BCUT2D eigenvalue weighted by atomic mass is 16.6. The van der Waals surface area contributed by atoms with Gasteiger partial charge in [-0.2, -0.15) is 0 Å². The first kappa shape index (κ1) is 13.2. The molecular formula is C14H18N2O4. The lowest BCUT2D eigenvalue weighted by Gasteiger charge is -2.28. The topological polar surface area (TPSA) is 82.8 Å². The minimum atomic E-state index is -0.909. The number of fused-ring (bicyclic) bond motifs is 1. The lowest BCUT2D eigenvalue weighted by atomic mass is 9.99. The van der Waals surface area contributed by atoms with Gasteiger partial charge < -0.3 is 25.3 Å². The van der Waals surface area contributed by atoms with E-state index in [1.165, 1.54) is 0 Å². The van der Waals surface area contributed by atoms with Crippen molar-refractivity contribution < 1.29 is 19.0 Å². The molecule has 6 nitrogen and oxygen atoms in total. The van der Waals surface area contributed by atoms with E-state index in [2.05, 4.69) is 5.32 Å². The van der Waals surface area contributed by atoms with Crippen molar-refractivity contribution in [2.45, 2.75) is 18.1 Å². The Morgan fingerprint density at radius 2 is 2.20 bits per heavy atom. The van der Waals surface area contributed by atoms with Crippen LogP contribution in [-0.2, 0) is 9.53 Å². The summed E-state index contributed by atoms with van der Waals surface area (Å²) in [5.74, 6) is 1.23. The normalized spacial score (nSPS) is 28.1. The highest BCUT2D eigenvalue weighted by molar-refractivity contribution is 5.86. The first-order valence-corrected chi connectivity index (χ1v) is 6.71. The number of carbonyl (C=O) groups is 1. The van der Waals surface area contributed by atoms with E-state index in [0.29, 0.717) is 31.9 Å². The predicted molar refractivity (Wildman–Crippen MR) is 71.7 cm³/mol. The van der Waals surface area contributed by atoms with Gasteiger partial charge in [0, 0.05) is 6.61 Å². The number of ether oxygens (including phenoxy) is 3. The predicted octanol–water partition coefficient (Wildman–Crippen LogP) is 0.0604. The van der Waals surface area contributed by atoms with E-state index in [9.17, 15) is 4.79 Å². The molecule has 1 fully saturated rings. The van der Waals surface area contributed by atoms with Crippen LogP contribution in [0, 0.1) is 0 Å². The monoisotopic (exact) mass is 278 g/mol. The summed E-state index contributed by atoms with van der Waals surface area (Å²) in [6, 6.07) is 7.48. The molecule has 2 aliphatic heterocycles. The highest BCUT2D eigenvalue weighted by Crippen LogP contribution is 2.30. The van der Waals surface area contributed by atoms with Crippen molar-refractivity contribution in [2.24, 2.45) is 5.73 Å². The Bertz CT molecular complexity index is 500. The molecule has 0 bridgehead atoms. The minimum Gasteiger partial charge on any atom is -0.486 e. The maximum atomic E-state index is 12.0. The summed E-state index contributed by atoms with van der Waals surface area (Å²) in [6.45, 7) is 1.57. The van der Waals surface area contributed by atoms with Crippen LogP contribution in [0.3, 0.4) is 0 Å². The third-order valence-corrected chi connectivity index (χ3v) is 3.56. The number of carbonyl (C=O) groups excluding carboxylic acids is 1. The summed E-state index contributed by atoms with van der Waals surface area (Å²) in [5, 5.41) is 2.82. The van der Waals surface area contributed by atoms with Crippen molar-refractivity contribution in [3.8, 4) is 11.5 Å². The number of rotatable bonds is 3. The van der Waals surface area contributed by atoms with Gasteiger partial charge in [-0.1, -0.05) is 12.1 Å². The highest BCUT2D eigenvalue weighted by Gasteiger charge is 2.38. The van der Waals surface area contributed by atoms with Gasteiger partial charge in [0.1, 0.15) is 18.2 Å². The second kappa shape index (κ2) is 5.30. The molecular weight excluding hydrogens is 260 g/mol. The summed E-state index contributed by atoms with van der Waals surface area (Å²) in [4.78, 5) is 12.0. The Morgan fingerprint density at radius 3 is 2.95 bits per heavy atom. The minimum absolute atomic E-state index is 0.197. The smallest absolute Gasteiger partial charge is 0.242 e. The molecule has 2 heterocycles. The summed E-state index contributed by atoms with van der Waals surface area (Å²) in [5.41, 5.74) is 5.08. The molecule has 0 saturated carbocycles. The molecule has 2 unspecified atom stereocenters. The molecule has 108 valence electrons. The van der Waals surface area contributed by atoms with E-state index in [0.717, 1.165) is 5.75 Å². The van der Waals surface area contributed by atoms with Gasteiger partial charge >= 0.3 is 0 Å². The van der Waals surface area contributed by atoms with E-state index < -0.39 is 5.54 Å². The average Bonchev–Trinajstić information content (AvgIpc) is 2.92. The second-order valence-corrected chi connectivity index (χ2v) is 5.17. The molecule has 0 radical (unpaired) electrons. The Morgan fingerprint density at radius 1 is 1.40 bits per heavy atom. The lowest BCUT2D eigenvalue weighted by molar-refractivity contribution is -0.126. The molecule has 1 saturated heterocycles. The molecule has 1 aromatic rings. The van der Waals surface area contributed by atoms with Crippen LogP contribution in [0.25, 0.3) is 0 Å². The van der Waals surface area contributed by atoms with Crippen LogP contribution < -0.4 is 20.5 Å². The Labute approximate surface area is 117 Å². The van der Waals surface area contributed by atoms with Gasteiger partial charge in [-0.15, -0.1) is 0 Å². The molecule has 1 aromatic carbocycles. The summed E-state index contributed by atoms with van der Waals surface area (Å²) in [7, 11) is 0. The number of amides is 1. The van der Waals surface area contributed by atoms with Gasteiger partial charge in [0.05, 0.1) is 13.2 Å². The molecule has 3 rings (SSSR count). The van der Waals surface area contributed by atoms with Crippen LogP contribution in [0.4, 0.5) is 0 Å². The van der Waals surface area contributed by atoms with Gasteiger partial charge in [-0.25, -0.2) is 0 Å². The van der Waals surface area contributed by atoms with Crippen molar-refractivity contribution in [1.29, 1.82) is 0 Å². The maximum absolute atomic E-state index is 12.0. The zero-order chi connectivity index (χ0) is 14.0. The summed E-state index contributed by atoms with van der Waals surface area (Å²) in [6.07, 6.45) is 0.337.